The molecule has 2 aliphatic heterocycles. The molecule has 4 N–H and O–H groups in total. The molecule has 42 heavy (non-hydrogen) atoms. The van der Waals surface area contributed by atoms with Crippen LogP contribution in [0.5, 0.6) is 0 Å². The summed E-state index contributed by atoms with van der Waals surface area (Å²) in [5.74, 6) is -1.60. The highest BCUT2D eigenvalue weighted by molar-refractivity contribution is 5.98. The molecule has 0 bridgehead atoms. The molecule has 3 heterocycles. The van der Waals surface area contributed by atoms with Gasteiger partial charge in [0, 0.05) is 44.3 Å². The quantitative estimate of drug-likeness (QED) is 0.304. The maximum Gasteiger partial charge on any atom is 0.246 e. The molecule has 2 aliphatic rings. The minimum atomic E-state index is -0.988. The first-order valence-electron chi connectivity index (χ1n) is 14.8. The number of para-hydroxylation sites is 1. The van der Waals surface area contributed by atoms with E-state index in [1.54, 1.807) is 4.90 Å². The highest BCUT2D eigenvalue weighted by Gasteiger charge is 2.40. The Balaban J connectivity index is 1.49. The average molecular weight is 574 g/mol. The number of amides is 4. The number of hydrogen-bond acceptors (Lipinski definition) is 5. The van der Waals surface area contributed by atoms with Crippen LogP contribution in [-0.4, -0.2) is 75.5 Å². The highest BCUT2D eigenvalue weighted by atomic mass is 16.3. The van der Waals surface area contributed by atoms with Crippen molar-refractivity contribution in [1.29, 1.82) is 0 Å². The average Bonchev–Trinajstić information content (AvgIpc) is 3.61. The van der Waals surface area contributed by atoms with Gasteiger partial charge >= 0.3 is 0 Å². The van der Waals surface area contributed by atoms with Gasteiger partial charge in [-0.1, -0.05) is 48.5 Å². The van der Waals surface area contributed by atoms with Crippen molar-refractivity contribution in [2.75, 3.05) is 13.2 Å². The molecule has 4 amide bonds. The van der Waals surface area contributed by atoms with Crippen molar-refractivity contribution in [3.63, 3.8) is 0 Å². The monoisotopic (exact) mass is 573 g/mol. The molecule has 3 aromatic rings. The molecule has 2 saturated heterocycles. The summed E-state index contributed by atoms with van der Waals surface area (Å²) in [4.78, 5) is 56.6. The van der Waals surface area contributed by atoms with Crippen molar-refractivity contribution in [2.45, 2.75) is 69.1 Å². The largest absolute Gasteiger partial charge is 0.396 e. The predicted octanol–water partition coefficient (Wildman–Crippen LogP) is 1.59. The van der Waals surface area contributed by atoms with Gasteiger partial charge in [-0.2, -0.15) is 0 Å². The number of benzene rings is 2. The lowest BCUT2D eigenvalue weighted by atomic mass is 10.0. The lowest BCUT2D eigenvalue weighted by molar-refractivity contribution is -0.143. The second-order valence-corrected chi connectivity index (χ2v) is 11.2. The van der Waals surface area contributed by atoms with E-state index in [1.165, 1.54) is 0 Å². The minimum Gasteiger partial charge on any atom is -0.396 e. The van der Waals surface area contributed by atoms with Crippen molar-refractivity contribution in [3.05, 3.63) is 71.9 Å². The number of nitrogens with zero attached hydrogens (tertiary/aromatic N) is 2. The Morgan fingerprint density at radius 3 is 2.26 bits per heavy atom. The molecule has 4 atom stereocenters. The molecule has 0 saturated carbocycles. The van der Waals surface area contributed by atoms with Crippen LogP contribution in [0.3, 0.4) is 0 Å². The number of rotatable bonds is 8. The van der Waals surface area contributed by atoms with Crippen LogP contribution in [0, 0.1) is 0 Å². The maximum absolute atomic E-state index is 14.0. The molecule has 0 aliphatic carbocycles. The number of unbranched alkanes of at least 4 members (excludes halogenated alkanes) is 1. The van der Waals surface area contributed by atoms with Gasteiger partial charge in [0.15, 0.2) is 0 Å². The number of carbonyl (C=O) groups is 4. The van der Waals surface area contributed by atoms with Gasteiger partial charge in [-0.05, 0) is 55.2 Å². The van der Waals surface area contributed by atoms with Crippen molar-refractivity contribution >= 4 is 34.5 Å². The number of aliphatic hydroxyl groups excluding tert-OH is 1. The summed E-state index contributed by atoms with van der Waals surface area (Å²) in [5, 5.41) is 19.0. The summed E-state index contributed by atoms with van der Waals surface area (Å²) in [7, 11) is 1.92. The van der Waals surface area contributed by atoms with E-state index in [-0.39, 0.29) is 31.3 Å². The SMILES string of the molecule is Cn1c(C[C@@H]2NC(=O)[C@H](CCCCO)NC(=O)[C@H]3CCCN3C(=O)[C@H](Cc3ccccc3)NC2=O)cc2ccccc21. The van der Waals surface area contributed by atoms with Crippen LogP contribution in [0.4, 0.5) is 0 Å². The molecule has 5 rings (SSSR count). The van der Waals surface area contributed by atoms with Crippen LogP contribution in [0.15, 0.2) is 60.7 Å². The van der Waals surface area contributed by atoms with Crippen LogP contribution in [-0.2, 0) is 39.1 Å². The number of nitrogens with one attached hydrogen (secondary N) is 3. The first-order valence-corrected chi connectivity index (χ1v) is 14.8. The lowest BCUT2D eigenvalue weighted by Gasteiger charge is -2.32. The zero-order valence-corrected chi connectivity index (χ0v) is 23.9. The van der Waals surface area contributed by atoms with E-state index in [2.05, 4.69) is 16.0 Å². The summed E-state index contributed by atoms with van der Waals surface area (Å²) in [5.41, 5.74) is 2.72. The standard InChI is InChI=1S/C32H39N5O5/c1-36-23(19-22-12-5-6-14-27(22)36)20-25-30(40)35-26(18-21-10-3-2-4-11-21)32(42)37-16-9-15-28(37)31(41)33-24(29(39)34-25)13-7-8-17-38/h2-6,10-12,14,19,24-26,28,38H,7-9,13,15-18,20H2,1H3,(H,33,41)(H,34,39)(H,35,40)/t24-,25-,26-,28+/m0/s1. The van der Waals surface area contributed by atoms with Gasteiger partial charge in [-0.15, -0.1) is 0 Å². The predicted molar refractivity (Wildman–Crippen MR) is 158 cm³/mol. The van der Waals surface area contributed by atoms with E-state index in [0.29, 0.717) is 38.6 Å². The van der Waals surface area contributed by atoms with Gasteiger partial charge in [0.2, 0.25) is 23.6 Å². The summed E-state index contributed by atoms with van der Waals surface area (Å²) in [6.45, 7) is 0.376. The highest BCUT2D eigenvalue weighted by Crippen LogP contribution is 2.22. The van der Waals surface area contributed by atoms with Gasteiger partial charge in [0.25, 0.3) is 0 Å². The molecule has 222 valence electrons. The number of carbonyl (C=O) groups excluding carboxylic acids is 4. The van der Waals surface area contributed by atoms with Crippen LogP contribution in [0.1, 0.15) is 43.4 Å². The third kappa shape index (κ3) is 6.49. The summed E-state index contributed by atoms with van der Waals surface area (Å²) in [6, 6.07) is 15.8. The maximum atomic E-state index is 14.0. The Morgan fingerprint density at radius 1 is 0.810 bits per heavy atom. The number of hydrogen-bond donors (Lipinski definition) is 4. The Kier molecular flexibility index (Phi) is 9.22. The second kappa shape index (κ2) is 13.2. The van der Waals surface area contributed by atoms with E-state index in [9.17, 15) is 24.3 Å². The van der Waals surface area contributed by atoms with Gasteiger partial charge in [-0.3, -0.25) is 19.2 Å². The van der Waals surface area contributed by atoms with Crippen LogP contribution >= 0.6 is 0 Å². The number of fused-ring (bicyclic) bond motifs is 2. The first kappa shape index (κ1) is 29.3. The lowest BCUT2D eigenvalue weighted by Crippen LogP contribution is -2.62. The van der Waals surface area contributed by atoms with E-state index in [0.717, 1.165) is 22.2 Å². The third-order valence-corrected chi connectivity index (χ3v) is 8.37. The van der Waals surface area contributed by atoms with Gasteiger partial charge < -0.3 is 30.5 Å². The molecule has 0 spiro atoms. The first-order chi connectivity index (χ1) is 20.4. The molecular formula is C32H39N5O5. The van der Waals surface area contributed by atoms with Crippen molar-refractivity contribution in [3.8, 4) is 0 Å². The molecule has 1 aromatic heterocycles. The summed E-state index contributed by atoms with van der Waals surface area (Å²) >= 11 is 0. The third-order valence-electron chi connectivity index (χ3n) is 8.37. The van der Waals surface area contributed by atoms with E-state index < -0.39 is 36.0 Å². The Labute approximate surface area is 245 Å². The van der Waals surface area contributed by atoms with Crippen LogP contribution in [0.2, 0.25) is 0 Å². The fourth-order valence-electron chi connectivity index (χ4n) is 6.06. The van der Waals surface area contributed by atoms with Crippen LogP contribution < -0.4 is 16.0 Å². The molecule has 2 aromatic carbocycles. The normalized spacial score (nSPS) is 23.5. The fourth-order valence-corrected chi connectivity index (χ4v) is 6.06. The smallest absolute Gasteiger partial charge is 0.246 e. The molecule has 10 heteroatoms. The van der Waals surface area contributed by atoms with Gasteiger partial charge in [0.1, 0.15) is 24.2 Å². The Hall–Kier alpha value is -4.18. The zero-order valence-electron chi connectivity index (χ0n) is 23.9. The Morgan fingerprint density at radius 2 is 1.50 bits per heavy atom. The topological polar surface area (TPSA) is 133 Å². The molecule has 10 nitrogen and oxygen atoms in total. The van der Waals surface area contributed by atoms with Crippen LogP contribution in [0.25, 0.3) is 10.9 Å². The fraction of sp³-hybridized carbons (Fsp3) is 0.438. The molecule has 0 unspecified atom stereocenters. The minimum absolute atomic E-state index is 0.0257. The molecule has 2 fully saturated rings. The molecular weight excluding hydrogens is 534 g/mol. The van der Waals surface area contributed by atoms with Crippen molar-refractivity contribution in [1.82, 2.24) is 25.4 Å². The van der Waals surface area contributed by atoms with E-state index >= 15 is 0 Å². The van der Waals surface area contributed by atoms with Gasteiger partial charge in [-0.25, -0.2) is 0 Å². The van der Waals surface area contributed by atoms with Gasteiger partial charge in [0.05, 0.1) is 0 Å². The number of aliphatic hydroxyl groups is 1. The van der Waals surface area contributed by atoms with Crippen molar-refractivity contribution < 1.29 is 24.3 Å². The Bertz CT molecular complexity index is 1440. The second-order valence-electron chi connectivity index (χ2n) is 11.2. The van der Waals surface area contributed by atoms with Crippen molar-refractivity contribution in [2.24, 2.45) is 7.05 Å². The zero-order chi connectivity index (χ0) is 29.6. The van der Waals surface area contributed by atoms with E-state index in [1.807, 2.05) is 72.3 Å². The number of aryl methyl sites for hydroxylation is 1. The summed E-state index contributed by atoms with van der Waals surface area (Å²) < 4.78 is 1.99. The molecule has 0 radical (unpaired) electrons. The number of aromatic nitrogens is 1. The van der Waals surface area contributed by atoms with E-state index in [4.69, 9.17) is 0 Å². The summed E-state index contributed by atoms with van der Waals surface area (Å²) in [6.07, 6.45) is 2.89.